The summed E-state index contributed by atoms with van der Waals surface area (Å²) in [5, 5.41) is 3.05. The van der Waals surface area contributed by atoms with Crippen LogP contribution in [0.4, 0.5) is 11.4 Å². The number of fused-ring (bicyclic) bond motifs is 1. The number of thiophene rings is 1. The highest BCUT2D eigenvalue weighted by Crippen LogP contribution is 2.39. The normalized spacial score (nSPS) is 15.2. The van der Waals surface area contributed by atoms with Crippen molar-refractivity contribution < 1.29 is 13.2 Å². The van der Waals surface area contributed by atoms with Crippen LogP contribution in [0.25, 0.3) is 10.1 Å². The fourth-order valence-corrected chi connectivity index (χ4v) is 7.14. The van der Waals surface area contributed by atoms with E-state index in [2.05, 4.69) is 65.0 Å². The molecule has 0 atom stereocenters. The Hall–Kier alpha value is -2.23. The van der Waals surface area contributed by atoms with Gasteiger partial charge in [-0.3, -0.25) is 4.90 Å². The van der Waals surface area contributed by atoms with Gasteiger partial charge in [0.1, 0.15) is 0 Å². The molecule has 5 nitrogen and oxygen atoms in total. The number of halogens is 1. The van der Waals surface area contributed by atoms with E-state index in [1.54, 1.807) is 11.3 Å². The Morgan fingerprint density at radius 2 is 1.76 bits per heavy atom. The molecule has 1 saturated heterocycles. The third-order valence-electron chi connectivity index (χ3n) is 7.00. The van der Waals surface area contributed by atoms with Crippen LogP contribution in [-0.4, -0.2) is 45.9 Å². The molecule has 4 aromatic rings. The third-order valence-corrected chi connectivity index (χ3v) is 9.44. The standard InChI is InChI=1S/C29H31BrN2O3S2/c1-29(2,23-6-4-5-21(15-23)20-31-10-12-35-13-11-31)24-17-25(30)19-27(18-24)32(37(3,33)34)26-7-8-28-22(16-26)9-14-36-28/h4-9,14-19H,10-13,20H2,1-3H3. The molecule has 37 heavy (non-hydrogen) atoms. The zero-order valence-corrected chi connectivity index (χ0v) is 24.5. The Morgan fingerprint density at radius 1 is 0.973 bits per heavy atom. The molecular formula is C29H31BrN2O3S2. The van der Waals surface area contributed by atoms with Gasteiger partial charge in [0.25, 0.3) is 0 Å². The third kappa shape index (κ3) is 5.78. The Bertz CT molecular complexity index is 1530. The molecule has 0 unspecified atom stereocenters. The lowest BCUT2D eigenvalue weighted by Gasteiger charge is -2.30. The van der Waals surface area contributed by atoms with Crippen molar-refractivity contribution >= 4 is 58.8 Å². The Labute approximate surface area is 231 Å². The fraction of sp³-hybridized carbons (Fsp3) is 0.310. The van der Waals surface area contributed by atoms with Gasteiger partial charge in [-0.2, -0.15) is 0 Å². The minimum Gasteiger partial charge on any atom is -0.379 e. The molecule has 1 aliphatic rings. The number of ether oxygens (including phenoxy) is 1. The molecule has 8 heteroatoms. The number of rotatable bonds is 7. The van der Waals surface area contributed by atoms with E-state index < -0.39 is 10.0 Å². The van der Waals surface area contributed by atoms with Crippen LogP contribution >= 0.6 is 27.3 Å². The van der Waals surface area contributed by atoms with Crippen molar-refractivity contribution in [2.45, 2.75) is 25.8 Å². The molecule has 2 heterocycles. The molecule has 194 valence electrons. The molecule has 1 aliphatic heterocycles. The van der Waals surface area contributed by atoms with Gasteiger partial charge in [0.2, 0.25) is 10.0 Å². The van der Waals surface area contributed by atoms with E-state index in [0.29, 0.717) is 11.4 Å². The number of hydrogen-bond acceptors (Lipinski definition) is 5. The minimum absolute atomic E-state index is 0.347. The predicted octanol–water partition coefficient (Wildman–Crippen LogP) is 6.92. The van der Waals surface area contributed by atoms with Crippen LogP contribution in [0.15, 0.2) is 76.6 Å². The number of benzene rings is 3. The summed E-state index contributed by atoms with van der Waals surface area (Å²) in [5.74, 6) is 0. The van der Waals surface area contributed by atoms with Crippen molar-refractivity contribution in [1.82, 2.24) is 4.90 Å². The van der Waals surface area contributed by atoms with Crippen LogP contribution in [0.1, 0.15) is 30.5 Å². The van der Waals surface area contributed by atoms with E-state index in [9.17, 15) is 8.42 Å². The number of hydrogen-bond donors (Lipinski definition) is 0. The first-order valence-corrected chi connectivity index (χ1v) is 15.8. The smallest absolute Gasteiger partial charge is 0.236 e. The molecule has 0 radical (unpaired) electrons. The highest BCUT2D eigenvalue weighted by atomic mass is 79.9. The van der Waals surface area contributed by atoms with Crippen LogP contribution in [0.2, 0.25) is 0 Å². The second kappa shape index (κ2) is 10.5. The fourth-order valence-electron chi connectivity index (χ4n) is 4.91. The van der Waals surface area contributed by atoms with Crippen LogP contribution in [0.3, 0.4) is 0 Å². The van der Waals surface area contributed by atoms with Crippen molar-refractivity contribution in [3.63, 3.8) is 0 Å². The molecule has 3 aromatic carbocycles. The van der Waals surface area contributed by atoms with Crippen LogP contribution in [0.5, 0.6) is 0 Å². The summed E-state index contributed by atoms with van der Waals surface area (Å²) in [5.41, 5.74) is 4.38. The Kier molecular flexibility index (Phi) is 7.49. The lowest BCUT2D eigenvalue weighted by molar-refractivity contribution is 0.0342. The number of morpholine rings is 1. The van der Waals surface area contributed by atoms with Gasteiger partial charge in [0, 0.05) is 34.2 Å². The second-order valence-corrected chi connectivity index (χ2v) is 13.8. The van der Waals surface area contributed by atoms with Crippen molar-refractivity contribution in [3.05, 3.63) is 93.3 Å². The van der Waals surface area contributed by atoms with E-state index in [-0.39, 0.29) is 5.41 Å². The van der Waals surface area contributed by atoms with E-state index in [4.69, 9.17) is 4.74 Å². The average Bonchev–Trinajstić information content (AvgIpc) is 3.32. The second-order valence-electron chi connectivity index (χ2n) is 10.1. The molecule has 1 aromatic heterocycles. The van der Waals surface area contributed by atoms with E-state index in [1.807, 2.05) is 41.8 Å². The lowest BCUT2D eigenvalue weighted by Crippen LogP contribution is -2.35. The predicted molar refractivity (Wildman–Crippen MR) is 158 cm³/mol. The number of sulfonamides is 1. The molecular weight excluding hydrogens is 568 g/mol. The van der Waals surface area contributed by atoms with Crippen LogP contribution in [0, 0.1) is 0 Å². The largest absolute Gasteiger partial charge is 0.379 e. The van der Waals surface area contributed by atoms with Gasteiger partial charge < -0.3 is 4.74 Å². The summed E-state index contributed by atoms with van der Waals surface area (Å²) in [6, 6.07) is 22.5. The summed E-state index contributed by atoms with van der Waals surface area (Å²) >= 11 is 5.31. The van der Waals surface area contributed by atoms with Crippen molar-refractivity contribution in [2.24, 2.45) is 0 Å². The van der Waals surface area contributed by atoms with E-state index >= 15 is 0 Å². The molecule has 0 aliphatic carbocycles. The van der Waals surface area contributed by atoms with Crippen molar-refractivity contribution in [3.8, 4) is 0 Å². The van der Waals surface area contributed by atoms with E-state index in [1.165, 1.54) is 21.7 Å². The molecule has 0 spiro atoms. The number of anilines is 2. The molecule has 0 N–H and O–H groups in total. The van der Waals surface area contributed by atoms with Crippen LogP contribution in [-0.2, 0) is 26.7 Å². The van der Waals surface area contributed by atoms with Gasteiger partial charge in [0.15, 0.2) is 0 Å². The van der Waals surface area contributed by atoms with Gasteiger partial charge >= 0.3 is 0 Å². The SMILES string of the molecule is CC(C)(c1cccc(CN2CCOCC2)c1)c1cc(Br)cc(N(c2ccc3sccc3c2)S(C)(=O)=O)c1. The van der Waals surface area contributed by atoms with Crippen LogP contribution < -0.4 is 4.31 Å². The molecule has 0 saturated carbocycles. The zero-order chi connectivity index (χ0) is 26.2. The zero-order valence-electron chi connectivity index (χ0n) is 21.3. The maximum atomic E-state index is 13.1. The first-order chi connectivity index (χ1) is 17.6. The molecule has 1 fully saturated rings. The Balaban J connectivity index is 1.53. The topological polar surface area (TPSA) is 49.9 Å². The Morgan fingerprint density at radius 3 is 2.51 bits per heavy atom. The van der Waals surface area contributed by atoms with E-state index in [0.717, 1.165) is 53.0 Å². The molecule has 5 rings (SSSR count). The van der Waals surface area contributed by atoms with Gasteiger partial charge in [-0.1, -0.05) is 54.0 Å². The first-order valence-electron chi connectivity index (χ1n) is 12.3. The lowest BCUT2D eigenvalue weighted by atomic mass is 9.77. The summed E-state index contributed by atoms with van der Waals surface area (Å²) in [6.07, 6.45) is 1.26. The quantitative estimate of drug-likeness (QED) is 0.232. The number of nitrogens with zero attached hydrogens (tertiary/aromatic N) is 2. The summed E-state index contributed by atoms with van der Waals surface area (Å²) in [6.45, 7) is 8.72. The summed E-state index contributed by atoms with van der Waals surface area (Å²) in [7, 11) is -3.59. The van der Waals surface area contributed by atoms with Crippen molar-refractivity contribution in [1.29, 1.82) is 0 Å². The highest BCUT2D eigenvalue weighted by molar-refractivity contribution is 9.10. The summed E-state index contributed by atoms with van der Waals surface area (Å²) in [4.78, 5) is 2.42. The first kappa shape index (κ1) is 26.4. The minimum atomic E-state index is -3.59. The van der Waals surface area contributed by atoms with Crippen molar-refractivity contribution in [2.75, 3.05) is 36.9 Å². The van der Waals surface area contributed by atoms with Gasteiger partial charge in [-0.05, 0) is 69.9 Å². The maximum Gasteiger partial charge on any atom is 0.236 e. The molecule has 0 amide bonds. The highest BCUT2D eigenvalue weighted by Gasteiger charge is 2.28. The maximum absolute atomic E-state index is 13.1. The van der Waals surface area contributed by atoms with Gasteiger partial charge in [0.05, 0.1) is 30.8 Å². The van der Waals surface area contributed by atoms with Gasteiger partial charge in [-0.15, -0.1) is 11.3 Å². The monoisotopic (exact) mass is 598 g/mol. The van der Waals surface area contributed by atoms with Gasteiger partial charge in [-0.25, -0.2) is 12.7 Å². The average molecular weight is 600 g/mol. The summed E-state index contributed by atoms with van der Waals surface area (Å²) < 4.78 is 35.1. The molecule has 0 bridgehead atoms.